The lowest BCUT2D eigenvalue weighted by molar-refractivity contribution is 0.245. The molecule has 5 heterocycles. The Kier molecular flexibility index (Phi) is 7.39. The van der Waals surface area contributed by atoms with Crippen LogP contribution in [0.15, 0.2) is 52.6 Å². The fraction of sp³-hybridized carbons (Fsp3) is 0.500. The number of aliphatic imine (C=N–C) groups is 1. The van der Waals surface area contributed by atoms with Crippen molar-refractivity contribution in [2.24, 2.45) is 10.9 Å². The van der Waals surface area contributed by atoms with Gasteiger partial charge in [0.15, 0.2) is 16.1 Å². The van der Waals surface area contributed by atoms with Crippen molar-refractivity contribution in [1.82, 2.24) is 14.7 Å². The lowest BCUT2D eigenvalue weighted by Crippen LogP contribution is -2.40. The predicted molar refractivity (Wildman–Crippen MR) is 153 cm³/mol. The number of rotatable bonds is 5. The minimum atomic E-state index is -3.23. The van der Waals surface area contributed by atoms with Gasteiger partial charge in [-0.05, 0) is 62.1 Å². The highest BCUT2D eigenvalue weighted by Gasteiger charge is 2.46. The number of aromatic nitrogens is 2. The van der Waals surface area contributed by atoms with Crippen LogP contribution in [-0.2, 0) is 9.84 Å². The normalized spacial score (nSPS) is 29.3. The average molecular weight is 593 g/mol. The zero-order chi connectivity index (χ0) is 27.3. The highest BCUT2D eigenvalue weighted by atomic mass is 35.5. The van der Waals surface area contributed by atoms with Crippen LogP contribution < -0.4 is 0 Å². The van der Waals surface area contributed by atoms with Gasteiger partial charge in [-0.3, -0.25) is 4.99 Å². The maximum atomic E-state index is 14.2. The largest absolute Gasteiger partial charge is 0.332 e. The Labute approximate surface area is 237 Å². The molecule has 3 unspecified atom stereocenters. The number of fused-ring (bicyclic) bond motifs is 1. The first-order valence-corrected chi connectivity index (χ1v) is 16.5. The second kappa shape index (κ2) is 10.7. The molecule has 6 rings (SSSR count). The van der Waals surface area contributed by atoms with Crippen LogP contribution in [0.5, 0.6) is 0 Å². The zero-order valence-electron chi connectivity index (χ0n) is 21.6. The number of hydrogen-bond donors (Lipinski definition) is 0. The van der Waals surface area contributed by atoms with E-state index in [0.29, 0.717) is 37.1 Å². The van der Waals surface area contributed by atoms with Crippen molar-refractivity contribution in [3.8, 4) is 0 Å². The van der Waals surface area contributed by atoms with E-state index in [1.54, 1.807) is 30.1 Å². The van der Waals surface area contributed by atoms with E-state index in [-0.39, 0.29) is 21.9 Å². The van der Waals surface area contributed by atoms with Crippen LogP contribution in [0.4, 0.5) is 8.78 Å². The lowest BCUT2D eigenvalue weighted by atomic mass is 9.90. The molecule has 1 aromatic carbocycles. The van der Waals surface area contributed by atoms with Crippen molar-refractivity contribution in [2.45, 2.75) is 68.3 Å². The summed E-state index contributed by atoms with van der Waals surface area (Å²) in [5, 5.41) is 6.55. The third kappa shape index (κ3) is 5.08. The van der Waals surface area contributed by atoms with Gasteiger partial charge in [0.25, 0.3) is 0 Å². The van der Waals surface area contributed by atoms with E-state index in [1.807, 2.05) is 0 Å². The van der Waals surface area contributed by atoms with E-state index < -0.39 is 33.2 Å². The van der Waals surface area contributed by atoms with Crippen LogP contribution in [0.25, 0.3) is 5.57 Å². The SMILES string of the molecule is CC(F)n1ccc(C2=C3C[C@H](C4CCCCCS4(=O)=O)CN3C(C3CC=CS3)=N[C@H]2c2ccc(F)cc2Cl)n1. The Hall–Kier alpha value is -2.17. The summed E-state index contributed by atoms with van der Waals surface area (Å²) in [6, 6.07) is 5.49. The van der Waals surface area contributed by atoms with Gasteiger partial charge in [-0.25, -0.2) is 21.9 Å². The Balaban J connectivity index is 1.52. The minimum absolute atomic E-state index is 0.0798. The molecule has 4 aliphatic rings. The molecule has 0 saturated carbocycles. The van der Waals surface area contributed by atoms with Gasteiger partial charge in [-0.15, -0.1) is 11.8 Å². The number of alkyl halides is 1. The van der Waals surface area contributed by atoms with Crippen molar-refractivity contribution in [3.63, 3.8) is 0 Å². The van der Waals surface area contributed by atoms with Crippen molar-refractivity contribution < 1.29 is 17.2 Å². The molecule has 0 N–H and O–H groups in total. The van der Waals surface area contributed by atoms with Gasteiger partial charge in [0.2, 0.25) is 0 Å². The predicted octanol–water partition coefficient (Wildman–Crippen LogP) is 6.73. The second-order valence-corrected chi connectivity index (χ2v) is 14.6. The number of benzene rings is 1. The maximum absolute atomic E-state index is 14.2. The monoisotopic (exact) mass is 592 g/mol. The summed E-state index contributed by atoms with van der Waals surface area (Å²) in [5.74, 6) is 0.578. The fourth-order valence-corrected chi connectivity index (χ4v) is 9.76. The molecule has 4 aliphatic heterocycles. The summed E-state index contributed by atoms with van der Waals surface area (Å²) in [6.07, 6.45) is 6.97. The maximum Gasteiger partial charge on any atom is 0.188 e. The van der Waals surface area contributed by atoms with Gasteiger partial charge < -0.3 is 4.90 Å². The van der Waals surface area contributed by atoms with E-state index in [0.717, 1.165) is 36.4 Å². The van der Waals surface area contributed by atoms with Crippen LogP contribution in [0.3, 0.4) is 0 Å². The highest BCUT2D eigenvalue weighted by Crippen LogP contribution is 2.49. The summed E-state index contributed by atoms with van der Waals surface area (Å²) < 4.78 is 56.2. The Bertz CT molecular complexity index is 1460. The van der Waals surface area contributed by atoms with Crippen molar-refractivity contribution in [3.05, 3.63) is 69.7 Å². The molecule has 0 spiro atoms. The quantitative estimate of drug-likeness (QED) is 0.385. The molecule has 0 bridgehead atoms. The van der Waals surface area contributed by atoms with Crippen molar-refractivity contribution in [1.29, 1.82) is 0 Å². The van der Waals surface area contributed by atoms with Crippen LogP contribution in [-0.4, -0.2) is 51.7 Å². The van der Waals surface area contributed by atoms with Crippen LogP contribution in [0.2, 0.25) is 5.02 Å². The van der Waals surface area contributed by atoms with E-state index in [9.17, 15) is 17.2 Å². The number of sulfone groups is 1. The molecule has 39 heavy (non-hydrogen) atoms. The molecule has 5 atom stereocenters. The Morgan fingerprint density at radius 1 is 1.21 bits per heavy atom. The van der Waals surface area contributed by atoms with E-state index >= 15 is 0 Å². The van der Waals surface area contributed by atoms with Gasteiger partial charge in [-0.1, -0.05) is 36.6 Å². The van der Waals surface area contributed by atoms with Crippen LogP contribution in [0, 0.1) is 11.7 Å². The molecule has 2 fully saturated rings. The molecular weight excluding hydrogens is 562 g/mol. The first-order chi connectivity index (χ1) is 18.7. The first-order valence-electron chi connectivity index (χ1n) is 13.5. The molecular formula is C28H31ClF2N4O2S2. The summed E-state index contributed by atoms with van der Waals surface area (Å²) in [7, 11) is -3.23. The number of allylic oxidation sites excluding steroid dienone is 2. The Morgan fingerprint density at radius 2 is 2.05 bits per heavy atom. The van der Waals surface area contributed by atoms with Crippen molar-refractivity contribution in [2.75, 3.05) is 12.3 Å². The van der Waals surface area contributed by atoms with Gasteiger partial charge in [0, 0.05) is 34.6 Å². The molecule has 208 valence electrons. The molecule has 2 aromatic rings. The van der Waals surface area contributed by atoms with E-state index in [4.69, 9.17) is 16.6 Å². The molecule has 0 amide bonds. The summed E-state index contributed by atoms with van der Waals surface area (Å²) in [5.41, 5.74) is 2.94. The number of halogens is 3. The van der Waals surface area contributed by atoms with Gasteiger partial charge in [0.05, 0.1) is 21.9 Å². The van der Waals surface area contributed by atoms with Crippen molar-refractivity contribution >= 4 is 44.6 Å². The van der Waals surface area contributed by atoms with Gasteiger partial charge in [-0.2, -0.15) is 5.10 Å². The number of nitrogens with zero attached hydrogens (tertiary/aromatic N) is 4. The lowest BCUT2D eigenvalue weighted by Gasteiger charge is -2.35. The number of amidine groups is 1. The zero-order valence-corrected chi connectivity index (χ0v) is 24.0. The topological polar surface area (TPSA) is 67.6 Å². The first kappa shape index (κ1) is 27.0. The Morgan fingerprint density at radius 3 is 2.77 bits per heavy atom. The number of thioether (sulfide) groups is 1. The molecule has 2 saturated heterocycles. The summed E-state index contributed by atoms with van der Waals surface area (Å²) in [6.45, 7) is 1.97. The molecule has 0 aliphatic carbocycles. The second-order valence-electron chi connectivity index (χ2n) is 10.7. The third-order valence-electron chi connectivity index (χ3n) is 8.21. The van der Waals surface area contributed by atoms with E-state index in [2.05, 4.69) is 21.5 Å². The molecule has 0 radical (unpaired) electrons. The van der Waals surface area contributed by atoms with Crippen LogP contribution >= 0.6 is 23.4 Å². The van der Waals surface area contributed by atoms with Gasteiger partial charge in [0.1, 0.15) is 17.7 Å². The summed E-state index contributed by atoms with van der Waals surface area (Å²) in [4.78, 5) is 7.43. The smallest absolute Gasteiger partial charge is 0.188 e. The average Bonchev–Trinajstić information content (AvgIpc) is 3.64. The van der Waals surface area contributed by atoms with E-state index in [1.165, 1.54) is 23.7 Å². The highest BCUT2D eigenvalue weighted by molar-refractivity contribution is 8.03. The minimum Gasteiger partial charge on any atom is -0.332 e. The summed E-state index contributed by atoms with van der Waals surface area (Å²) >= 11 is 8.29. The number of hydrogen-bond acceptors (Lipinski definition) is 6. The third-order valence-corrected chi connectivity index (χ3v) is 12.0. The van der Waals surface area contributed by atoms with Gasteiger partial charge >= 0.3 is 0 Å². The fourth-order valence-electron chi connectivity index (χ4n) is 6.34. The standard InChI is InChI=1S/C28H31ClF2N4O2S2/c1-17(30)35-11-10-22(33-35)26-23-14-18(25-7-3-2-4-13-39(25,36)37)16-34(23)28(24-6-5-12-38-24)32-27(26)20-9-8-19(31)15-21(20)29/h5,8-12,15,17-18,24-25,27H,2-4,6-7,13-14,16H2,1H3/t17?,18-,24?,25?,27-/m0/s1. The molecule has 6 nitrogen and oxygen atoms in total. The molecule has 11 heteroatoms. The molecule has 1 aromatic heterocycles. The van der Waals surface area contributed by atoms with Crippen LogP contribution in [0.1, 0.15) is 69.0 Å².